The van der Waals surface area contributed by atoms with E-state index in [0.717, 1.165) is 37.6 Å². The fourth-order valence-corrected chi connectivity index (χ4v) is 3.11. The van der Waals surface area contributed by atoms with Crippen molar-refractivity contribution in [2.24, 2.45) is 0 Å². The monoisotopic (exact) mass is 339 g/mol. The molecule has 0 spiro atoms. The number of methoxy groups -OCH3 is 1. The molecular formula is C20H25N3O2. The first-order valence-corrected chi connectivity index (χ1v) is 8.63. The summed E-state index contributed by atoms with van der Waals surface area (Å²) in [7, 11) is 1.63. The summed E-state index contributed by atoms with van der Waals surface area (Å²) >= 11 is 0. The molecule has 1 N–H and O–H groups in total. The van der Waals surface area contributed by atoms with Crippen LogP contribution in [0.4, 0.5) is 11.4 Å². The Labute approximate surface area is 149 Å². The molecule has 1 heterocycles. The minimum Gasteiger partial charge on any atom is -0.495 e. The molecule has 0 saturated carbocycles. The van der Waals surface area contributed by atoms with Gasteiger partial charge in [-0.15, -0.1) is 0 Å². The van der Waals surface area contributed by atoms with E-state index in [1.165, 1.54) is 11.3 Å². The normalized spacial score (nSPS) is 14.3. The van der Waals surface area contributed by atoms with Crippen molar-refractivity contribution in [1.29, 1.82) is 0 Å². The first-order valence-electron chi connectivity index (χ1n) is 8.63. The molecule has 5 nitrogen and oxygen atoms in total. The number of nitrogens with one attached hydrogen (secondary N) is 1. The predicted octanol–water partition coefficient (Wildman–Crippen LogP) is 2.76. The Morgan fingerprint density at radius 1 is 1.08 bits per heavy atom. The smallest absolute Gasteiger partial charge is 0.241 e. The Balaban J connectivity index is 1.51. The lowest BCUT2D eigenvalue weighted by atomic mass is 10.2. The highest BCUT2D eigenvalue weighted by molar-refractivity contribution is 5.81. The molecule has 1 aliphatic rings. The maximum atomic E-state index is 12.5. The molecule has 5 heteroatoms. The van der Waals surface area contributed by atoms with E-state index in [-0.39, 0.29) is 12.5 Å². The van der Waals surface area contributed by atoms with Crippen LogP contribution in [0.1, 0.15) is 5.56 Å². The van der Waals surface area contributed by atoms with E-state index < -0.39 is 0 Å². The zero-order valence-electron chi connectivity index (χ0n) is 14.9. The van der Waals surface area contributed by atoms with Crippen molar-refractivity contribution in [3.63, 3.8) is 0 Å². The number of aryl methyl sites for hydroxylation is 1. The third-order valence-corrected chi connectivity index (χ3v) is 4.54. The first-order chi connectivity index (χ1) is 12.2. The molecule has 0 radical (unpaired) electrons. The summed E-state index contributed by atoms with van der Waals surface area (Å²) in [6, 6.07) is 16.2. The van der Waals surface area contributed by atoms with Gasteiger partial charge in [-0.1, -0.05) is 24.3 Å². The van der Waals surface area contributed by atoms with Crippen LogP contribution < -0.4 is 15.0 Å². The summed E-state index contributed by atoms with van der Waals surface area (Å²) in [5.41, 5.74) is 3.34. The van der Waals surface area contributed by atoms with Gasteiger partial charge in [-0.05, 0) is 36.8 Å². The van der Waals surface area contributed by atoms with Gasteiger partial charge >= 0.3 is 0 Å². The van der Waals surface area contributed by atoms with Gasteiger partial charge in [0.25, 0.3) is 0 Å². The number of rotatable bonds is 5. The zero-order chi connectivity index (χ0) is 17.6. The maximum absolute atomic E-state index is 12.5. The van der Waals surface area contributed by atoms with Crippen molar-refractivity contribution in [1.82, 2.24) is 4.90 Å². The fourth-order valence-electron chi connectivity index (χ4n) is 3.11. The summed E-state index contributed by atoms with van der Waals surface area (Å²) in [6.07, 6.45) is 0. The lowest BCUT2D eigenvalue weighted by Crippen LogP contribution is -2.50. The van der Waals surface area contributed by atoms with Crippen LogP contribution >= 0.6 is 0 Å². The number of nitrogens with zero attached hydrogens (tertiary/aromatic N) is 2. The SMILES string of the molecule is COc1ccccc1NCC(=O)N1CCN(c2cccc(C)c2)CC1. The number of carbonyl (C=O) groups excluding carboxylic acids is 1. The third-order valence-electron chi connectivity index (χ3n) is 4.54. The van der Waals surface area contributed by atoms with Crippen molar-refractivity contribution >= 4 is 17.3 Å². The Bertz CT molecular complexity index is 724. The van der Waals surface area contributed by atoms with Crippen LogP contribution in [0.3, 0.4) is 0 Å². The van der Waals surface area contributed by atoms with Gasteiger partial charge < -0.3 is 19.9 Å². The Morgan fingerprint density at radius 2 is 1.84 bits per heavy atom. The van der Waals surface area contributed by atoms with Crippen LogP contribution in [0.2, 0.25) is 0 Å². The summed E-state index contributed by atoms with van der Waals surface area (Å²) in [5.74, 6) is 0.870. The standard InChI is InChI=1S/C20H25N3O2/c1-16-6-5-7-17(14-16)22-10-12-23(13-11-22)20(24)15-21-18-8-3-4-9-19(18)25-2/h3-9,14,21H,10-13,15H2,1-2H3. The van der Waals surface area contributed by atoms with Gasteiger partial charge in [-0.3, -0.25) is 4.79 Å². The summed E-state index contributed by atoms with van der Waals surface area (Å²) in [6.45, 7) is 5.62. The van der Waals surface area contributed by atoms with E-state index in [1.54, 1.807) is 7.11 Å². The van der Waals surface area contributed by atoms with E-state index >= 15 is 0 Å². The molecule has 0 unspecified atom stereocenters. The quantitative estimate of drug-likeness (QED) is 0.910. The molecule has 0 bridgehead atoms. The van der Waals surface area contributed by atoms with Gasteiger partial charge in [0.15, 0.2) is 0 Å². The minimum atomic E-state index is 0.120. The molecular weight excluding hydrogens is 314 g/mol. The number of ether oxygens (including phenoxy) is 1. The van der Waals surface area contributed by atoms with Crippen molar-refractivity contribution in [2.75, 3.05) is 50.1 Å². The Morgan fingerprint density at radius 3 is 2.56 bits per heavy atom. The van der Waals surface area contributed by atoms with Gasteiger partial charge in [0.2, 0.25) is 5.91 Å². The van der Waals surface area contributed by atoms with Crippen LogP contribution in [0.15, 0.2) is 48.5 Å². The Hall–Kier alpha value is -2.69. The van der Waals surface area contributed by atoms with Crippen molar-refractivity contribution in [3.05, 3.63) is 54.1 Å². The number of benzene rings is 2. The molecule has 0 aromatic heterocycles. The highest BCUT2D eigenvalue weighted by Crippen LogP contribution is 2.23. The lowest BCUT2D eigenvalue weighted by molar-refractivity contribution is -0.129. The van der Waals surface area contributed by atoms with Gasteiger partial charge in [0.1, 0.15) is 5.75 Å². The average molecular weight is 339 g/mol. The highest BCUT2D eigenvalue weighted by Gasteiger charge is 2.21. The van der Waals surface area contributed by atoms with E-state index in [1.807, 2.05) is 29.2 Å². The van der Waals surface area contributed by atoms with E-state index in [2.05, 4.69) is 41.4 Å². The molecule has 3 rings (SSSR count). The summed E-state index contributed by atoms with van der Waals surface area (Å²) in [4.78, 5) is 16.7. The second-order valence-corrected chi connectivity index (χ2v) is 6.26. The number of piperazine rings is 1. The largest absolute Gasteiger partial charge is 0.495 e. The number of hydrogen-bond donors (Lipinski definition) is 1. The zero-order valence-corrected chi connectivity index (χ0v) is 14.9. The molecule has 0 atom stereocenters. The molecule has 1 fully saturated rings. The molecule has 1 saturated heterocycles. The Kier molecular flexibility index (Phi) is 5.43. The van der Waals surface area contributed by atoms with Crippen molar-refractivity contribution < 1.29 is 9.53 Å². The summed E-state index contributed by atoms with van der Waals surface area (Å²) < 4.78 is 5.30. The molecule has 0 aliphatic carbocycles. The molecule has 25 heavy (non-hydrogen) atoms. The highest BCUT2D eigenvalue weighted by atomic mass is 16.5. The van der Waals surface area contributed by atoms with E-state index in [4.69, 9.17) is 4.74 Å². The predicted molar refractivity (Wildman–Crippen MR) is 101 cm³/mol. The topological polar surface area (TPSA) is 44.8 Å². The van der Waals surface area contributed by atoms with Gasteiger partial charge in [-0.2, -0.15) is 0 Å². The number of amides is 1. The number of para-hydroxylation sites is 2. The molecule has 2 aromatic carbocycles. The molecule has 2 aromatic rings. The van der Waals surface area contributed by atoms with Crippen LogP contribution in [0.5, 0.6) is 5.75 Å². The van der Waals surface area contributed by atoms with Gasteiger partial charge in [0, 0.05) is 31.9 Å². The van der Waals surface area contributed by atoms with E-state index in [0.29, 0.717) is 0 Å². The molecule has 132 valence electrons. The molecule has 1 amide bonds. The van der Waals surface area contributed by atoms with Crippen LogP contribution in [-0.4, -0.2) is 50.6 Å². The van der Waals surface area contributed by atoms with Crippen LogP contribution in [0, 0.1) is 6.92 Å². The van der Waals surface area contributed by atoms with E-state index in [9.17, 15) is 4.79 Å². The summed E-state index contributed by atoms with van der Waals surface area (Å²) in [5, 5.41) is 3.18. The average Bonchev–Trinajstić information content (AvgIpc) is 2.66. The first kappa shape index (κ1) is 17.1. The second-order valence-electron chi connectivity index (χ2n) is 6.26. The van der Waals surface area contributed by atoms with Crippen LogP contribution in [-0.2, 0) is 4.79 Å². The minimum absolute atomic E-state index is 0.120. The number of hydrogen-bond acceptors (Lipinski definition) is 4. The van der Waals surface area contributed by atoms with Crippen LogP contribution in [0.25, 0.3) is 0 Å². The number of anilines is 2. The van der Waals surface area contributed by atoms with Gasteiger partial charge in [-0.25, -0.2) is 0 Å². The lowest BCUT2D eigenvalue weighted by Gasteiger charge is -2.36. The third kappa shape index (κ3) is 4.24. The fraction of sp³-hybridized carbons (Fsp3) is 0.350. The van der Waals surface area contributed by atoms with Crippen molar-refractivity contribution in [3.8, 4) is 5.75 Å². The van der Waals surface area contributed by atoms with Crippen molar-refractivity contribution in [2.45, 2.75) is 6.92 Å². The maximum Gasteiger partial charge on any atom is 0.241 e. The number of carbonyl (C=O) groups is 1. The molecule has 1 aliphatic heterocycles. The second kappa shape index (κ2) is 7.92. The van der Waals surface area contributed by atoms with Gasteiger partial charge in [0.05, 0.1) is 19.3 Å².